The first-order valence-electron chi connectivity index (χ1n) is 10.4. The van der Waals surface area contributed by atoms with Crippen LogP contribution in [0.25, 0.3) is 0 Å². The van der Waals surface area contributed by atoms with Gasteiger partial charge in [-0.1, -0.05) is 54.6 Å². The van der Waals surface area contributed by atoms with E-state index < -0.39 is 5.92 Å². The van der Waals surface area contributed by atoms with E-state index in [-0.39, 0.29) is 24.3 Å². The van der Waals surface area contributed by atoms with Crippen LogP contribution in [-0.2, 0) is 16.1 Å². The van der Waals surface area contributed by atoms with Crippen LogP contribution < -0.4 is 16.0 Å². The summed E-state index contributed by atoms with van der Waals surface area (Å²) in [5, 5.41) is 8.36. The van der Waals surface area contributed by atoms with E-state index in [0.29, 0.717) is 30.2 Å². The van der Waals surface area contributed by atoms with Crippen molar-refractivity contribution in [2.24, 2.45) is 5.92 Å². The van der Waals surface area contributed by atoms with Crippen LogP contribution in [0.3, 0.4) is 0 Å². The summed E-state index contributed by atoms with van der Waals surface area (Å²) < 4.78 is 0. The third-order valence-corrected chi connectivity index (χ3v) is 5.22. The van der Waals surface area contributed by atoms with Gasteiger partial charge in [-0.15, -0.1) is 0 Å². The topological polar surface area (TPSA) is 90.5 Å². The zero-order chi connectivity index (χ0) is 22.3. The summed E-state index contributed by atoms with van der Waals surface area (Å²) >= 11 is 0. The van der Waals surface area contributed by atoms with Gasteiger partial charge < -0.3 is 20.9 Å². The normalized spacial score (nSPS) is 15.3. The Labute approximate surface area is 186 Å². The minimum atomic E-state index is -0.413. The van der Waals surface area contributed by atoms with Crippen LogP contribution in [0.15, 0.2) is 84.9 Å². The van der Waals surface area contributed by atoms with Crippen molar-refractivity contribution >= 4 is 34.9 Å². The fourth-order valence-electron chi connectivity index (χ4n) is 3.64. The Kier molecular flexibility index (Phi) is 6.46. The third-order valence-electron chi connectivity index (χ3n) is 5.22. The van der Waals surface area contributed by atoms with Crippen LogP contribution in [0.2, 0.25) is 0 Å². The molecule has 4 rings (SSSR count). The molecule has 0 aliphatic carbocycles. The number of para-hydroxylation sites is 1. The lowest BCUT2D eigenvalue weighted by Crippen LogP contribution is -2.28. The predicted molar refractivity (Wildman–Crippen MR) is 124 cm³/mol. The third kappa shape index (κ3) is 5.51. The molecule has 7 nitrogen and oxygen atoms in total. The maximum atomic E-state index is 12.7. The minimum absolute atomic E-state index is 0.0259. The number of nitrogens with zero attached hydrogens (tertiary/aromatic N) is 1. The Morgan fingerprint density at radius 2 is 1.38 bits per heavy atom. The molecule has 1 saturated heterocycles. The summed E-state index contributed by atoms with van der Waals surface area (Å²) in [6.07, 6.45) is 0.191. The number of hydrogen-bond acceptors (Lipinski definition) is 3. The molecule has 1 aliphatic rings. The van der Waals surface area contributed by atoms with Crippen LogP contribution in [0, 0.1) is 5.92 Å². The van der Waals surface area contributed by atoms with Gasteiger partial charge in [-0.3, -0.25) is 9.59 Å². The second kappa shape index (κ2) is 9.78. The number of benzene rings is 3. The van der Waals surface area contributed by atoms with Crippen molar-refractivity contribution in [2.45, 2.75) is 13.0 Å². The minimum Gasteiger partial charge on any atom is -0.338 e. The van der Waals surface area contributed by atoms with Gasteiger partial charge in [0.1, 0.15) is 0 Å². The number of hydrogen-bond donors (Lipinski definition) is 3. The van der Waals surface area contributed by atoms with E-state index >= 15 is 0 Å². The summed E-state index contributed by atoms with van der Waals surface area (Å²) in [5.41, 5.74) is 2.82. The average Bonchev–Trinajstić information content (AvgIpc) is 3.15. The van der Waals surface area contributed by atoms with Crippen LogP contribution in [0.1, 0.15) is 12.0 Å². The van der Waals surface area contributed by atoms with Gasteiger partial charge >= 0.3 is 6.03 Å². The summed E-state index contributed by atoms with van der Waals surface area (Å²) in [6.45, 7) is 0.885. The quantitative estimate of drug-likeness (QED) is 0.546. The first-order valence-corrected chi connectivity index (χ1v) is 10.4. The molecule has 0 bridgehead atoms. The Balaban J connectivity index is 1.32. The number of carbonyl (C=O) groups is 3. The van der Waals surface area contributed by atoms with E-state index in [9.17, 15) is 14.4 Å². The lowest BCUT2D eigenvalue weighted by molar-refractivity contribution is -0.128. The number of urea groups is 1. The van der Waals surface area contributed by atoms with E-state index in [0.717, 1.165) is 5.56 Å². The molecule has 0 aromatic heterocycles. The Hall–Kier alpha value is -4.13. The molecule has 4 amide bonds. The van der Waals surface area contributed by atoms with Crippen molar-refractivity contribution < 1.29 is 14.4 Å². The molecule has 7 heteroatoms. The number of nitrogens with one attached hydrogen (secondary N) is 3. The second-order valence-electron chi connectivity index (χ2n) is 7.68. The molecule has 3 N–H and O–H groups in total. The number of carbonyl (C=O) groups excluding carboxylic acids is 3. The SMILES string of the molecule is O=C(Nc1ccccc1)Nc1cccc(NC(=O)[C@@H]2CC(=O)N(Cc3ccccc3)C2)c1. The summed E-state index contributed by atoms with van der Waals surface area (Å²) in [5.74, 6) is -0.647. The highest BCUT2D eigenvalue weighted by molar-refractivity contribution is 6.01. The van der Waals surface area contributed by atoms with Gasteiger partial charge in [0.25, 0.3) is 0 Å². The van der Waals surface area contributed by atoms with Crippen molar-refractivity contribution in [1.82, 2.24) is 4.90 Å². The van der Waals surface area contributed by atoms with E-state index in [1.807, 2.05) is 48.5 Å². The molecule has 162 valence electrons. The molecule has 1 aliphatic heterocycles. The van der Waals surface area contributed by atoms with Gasteiger partial charge in [-0.25, -0.2) is 4.79 Å². The zero-order valence-corrected chi connectivity index (χ0v) is 17.5. The van der Waals surface area contributed by atoms with E-state index in [1.54, 1.807) is 41.3 Å². The van der Waals surface area contributed by atoms with Crippen LogP contribution in [-0.4, -0.2) is 29.3 Å². The monoisotopic (exact) mass is 428 g/mol. The molecule has 0 unspecified atom stereocenters. The number of likely N-dealkylation sites (tertiary alicyclic amines) is 1. The zero-order valence-electron chi connectivity index (χ0n) is 17.5. The predicted octanol–water partition coefficient (Wildman–Crippen LogP) is 4.32. The molecule has 3 aromatic carbocycles. The largest absolute Gasteiger partial charge is 0.338 e. The molecule has 0 saturated carbocycles. The summed E-state index contributed by atoms with van der Waals surface area (Å²) in [6, 6.07) is 25.4. The van der Waals surface area contributed by atoms with Gasteiger partial charge in [0, 0.05) is 36.6 Å². The van der Waals surface area contributed by atoms with Gasteiger partial charge in [0.2, 0.25) is 11.8 Å². The molecule has 0 spiro atoms. The van der Waals surface area contributed by atoms with Crippen molar-refractivity contribution in [3.8, 4) is 0 Å². The Morgan fingerprint density at radius 1 is 0.781 bits per heavy atom. The lowest BCUT2D eigenvalue weighted by Gasteiger charge is -2.17. The molecular formula is C25H24N4O3. The van der Waals surface area contributed by atoms with Crippen LogP contribution in [0.4, 0.5) is 21.9 Å². The molecular weight excluding hydrogens is 404 g/mol. The van der Waals surface area contributed by atoms with Gasteiger partial charge in [0.05, 0.1) is 5.92 Å². The summed E-state index contributed by atoms with van der Waals surface area (Å²) in [4.78, 5) is 39.0. The molecule has 1 fully saturated rings. The van der Waals surface area contributed by atoms with Crippen molar-refractivity contribution in [2.75, 3.05) is 22.5 Å². The van der Waals surface area contributed by atoms with Gasteiger partial charge in [0.15, 0.2) is 0 Å². The molecule has 1 atom stereocenters. The standard InChI is InChI=1S/C25H24N4O3/c30-23-14-19(17-29(23)16-18-8-3-1-4-9-18)24(31)26-21-12-7-13-22(15-21)28-25(32)27-20-10-5-2-6-11-20/h1-13,15,19H,14,16-17H2,(H,26,31)(H2,27,28,32)/t19-/m1/s1. The lowest BCUT2D eigenvalue weighted by atomic mass is 10.1. The number of rotatable bonds is 6. The molecule has 3 aromatic rings. The maximum absolute atomic E-state index is 12.7. The van der Waals surface area contributed by atoms with Crippen LogP contribution in [0.5, 0.6) is 0 Å². The van der Waals surface area contributed by atoms with E-state index in [1.165, 1.54) is 0 Å². The highest BCUT2D eigenvalue weighted by atomic mass is 16.2. The fraction of sp³-hybridized carbons (Fsp3) is 0.160. The van der Waals surface area contributed by atoms with Gasteiger partial charge in [-0.05, 0) is 35.9 Å². The average molecular weight is 428 g/mol. The first-order chi connectivity index (χ1) is 15.6. The second-order valence-corrected chi connectivity index (χ2v) is 7.68. The Morgan fingerprint density at radius 3 is 2.09 bits per heavy atom. The highest BCUT2D eigenvalue weighted by Gasteiger charge is 2.34. The molecule has 1 heterocycles. The van der Waals surface area contributed by atoms with Crippen molar-refractivity contribution in [3.05, 3.63) is 90.5 Å². The molecule has 0 radical (unpaired) electrons. The molecule has 32 heavy (non-hydrogen) atoms. The first kappa shape index (κ1) is 21.1. The van der Waals surface area contributed by atoms with E-state index in [2.05, 4.69) is 16.0 Å². The van der Waals surface area contributed by atoms with Crippen molar-refractivity contribution in [3.63, 3.8) is 0 Å². The maximum Gasteiger partial charge on any atom is 0.323 e. The van der Waals surface area contributed by atoms with E-state index in [4.69, 9.17) is 0 Å². The Bertz CT molecular complexity index is 1100. The summed E-state index contributed by atoms with van der Waals surface area (Å²) in [7, 11) is 0. The number of anilines is 3. The van der Waals surface area contributed by atoms with Crippen molar-refractivity contribution in [1.29, 1.82) is 0 Å². The van der Waals surface area contributed by atoms with Crippen LogP contribution >= 0.6 is 0 Å². The van der Waals surface area contributed by atoms with Gasteiger partial charge in [-0.2, -0.15) is 0 Å². The number of amides is 4. The fourth-order valence-corrected chi connectivity index (χ4v) is 3.64. The highest BCUT2D eigenvalue weighted by Crippen LogP contribution is 2.23. The smallest absolute Gasteiger partial charge is 0.323 e.